The highest BCUT2D eigenvalue weighted by molar-refractivity contribution is 7.17. The second-order valence-electron chi connectivity index (χ2n) is 3.95. The van der Waals surface area contributed by atoms with Crippen LogP contribution in [0.2, 0.25) is 4.34 Å². The molecule has 1 saturated carbocycles. The molecule has 15 heavy (non-hydrogen) atoms. The Morgan fingerprint density at radius 1 is 1.60 bits per heavy atom. The second kappa shape index (κ2) is 5.15. The minimum absolute atomic E-state index is 0.784. The average Bonchev–Trinajstić information content (AvgIpc) is 2.97. The van der Waals surface area contributed by atoms with Crippen LogP contribution in [0.25, 0.3) is 6.08 Å². The number of thiophene rings is 1. The summed E-state index contributed by atoms with van der Waals surface area (Å²) in [4.78, 5) is 1.26. The summed E-state index contributed by atoms with van der Waals surface area (Å²) in [5.74, 6) is 0. The van der Waals surface area contributed by atoms with Gasteiger partial charge in [0.15, 0.2) is 0 Å². The summed E-state index contributed by atoms with van der Waals surface area (Å²) in [5.41, 5.74) is 1.46. The normalized spacial score (nSPS) is 17.1. The first-order valence-corrected chi connectivity index (χ1v) is 6.65. The van der Waals surface area contributed by atoms with Crippen molar-refractivity contribution in [1.29, 1.82) is 0 Å². The molecule has 0 aliphatic heterocycles. The van der Waals surface area contributed by atoms with E-state index in [1.165, 1.54) is 23.3 Å². The molecule has 2 rings (SSSR count). The van der Waals surface area contributed by atoms with Crippen molar-refractivity contribution in [2.45, 2.75) is 32.2 Å². The minimum atomic E-state index is 0.784. The van der Waals surface area contributed by atoms with Gasteiger partial charge in [-0.1, -0.05) is 24.1 Å². The molecule has 0 spiro atoms. The maximum Gasteiger partial charge on any atom is 0.0934 e. The second-order valence-corrected chi connectivity index (χ2v) is 5.70. The lowest BCUT2D eigenvalue weighted by atomic mass is 10.2. The van der Waals surface area contributed by atoms with Gasteiger partial charge in [-0.2, -0.15) is 0 Å². The van der Waals surface area contributed by atoms with E-state index in [0.717, 1.165) is 23.3 Å². The highest BCUT2D eigenvalue weighted by atomic mass is 35.5. The largest absolute Gasteiger partial charge is 0.310 e. The van der Waals surface area contributed by atoms with Gasteiger partial charge in [-0.05, 0) is 37.5 Å². The Bertz CT molecular complexity index is 352. The Kier molecular flexibility index (Phi) is 3.84. The predicted molar refractivity (Wildman–Crippen MR) is 68.6 cm³/mol. The van der Waals surface area contributed by atoms with E-state index in [1.807, 2.05) is 6.07 Å². The summed E-state index contributed by atoms with van der Waals surface area (Å²) in [7, 11) is 0. The third-order valence-electron chi connectivity index (χ3n) is 2.59. The lowest BCUT2D eigenvalue weighted by Gasteiger charge is -2.05. The van der Waals surface area contributed by atoms with Crippen LogP contribution in [0.4, 0.5) is 0 Å². The molecule has 1 aromatic rings. The van der Waals surface area contributed by atoms with E-state index in [0.29, 0.717) is 0 Å². The molecule has 0 aromatic carbocycles. The van der Waals surface area contributed by atoms with Gasteiger partial charge in [-0.15, -0.1) is 11.3 Å². The van der Waals surface area contributed by atoms with E-state index in [2.05, 4.69) is 24.4 Å². The van der Waals surface area contributed by atoms with Crippen LogP contribution < -0.4 is 5.32 Å². The van der Waals surface area contributed by atoms with Crippen molar-refractivity contribution in [3.63, 3.8) is 0 Å². The molecule has 1 aromatic heterocycles. The van der Waals surface area contributed by atoms with Crippen LogP contribution >= 0.6 is 22.9 Å². The Morgan fingerprint density at radius 2 is 2.40 bits per heavy atom. The van der Waals surface area contributed by atoms with E-state index in [-0.39, 0.29) is 0 Å². The van der Waals surface area contributed by atoms with Gasteiger partial charge in [0, 0.05) is 17.5 Å². The van der Waals surface area contributed by atoms with Crippen molar-refractivity contribution in [1.82, 2.24) is 5.32 Å². The third-order valence-corrected chi connectivity index (χ3v) is 3.77. The molecule has 0 amide bonds. The van der Waals surface area contributed by atoms with Crippen molar-refractivity contribution in [2.75, 3.05) is 6.54 Å². The standard InChI is InChI=1S/C12H16ClNS/c1-2-9(8-14-10-3-4-10)7-11-5-6-12(13)15-11/h5-7,10,14H,2-4,8H2,1H3. The van der Waals surface area contributed by atoms with E-state index in [9.17, 15) is 0 Å². The van der Waals surface area contributed by atoms with Gasteiger partial charge in [0.25, 0.3) is 0 Å². The third kappa shape index (κ3) is 3.63. The summed E-state index contributed by atoms with van der Waals surface area (Å²) in [5, 5.41) is 3.54. The van der Waals surface area contributed by atoms with Crippen LogP contribution in [-0.2, 0) is 0 Å². The topological polar surface area (TPSA) is 12.0 Å². The fraction of sp³-hybridized carbons (Fsp3) is 0.500. The SMILES string of the molecule is CCC(=Cc1ccc(Cl)s1)CNC1CC1. The van der Waals surface area contributed by atoms with Gasteiger partial charge in [0.05, 0.1) is 4.34 Å². The van der Waals surface area contributed by atoms with Crippen molar-refractivity contribution in [2.24, 2.45) is 0 Å². The zero-order valence-electron chi connectivity index (χ0n) is 8.92. The van der Waals surface area contributed by atoms with E-state index >= 15 is 0 Å². The molecule has 0 radical (unpaired) electrons. The molecule has 0 saturated heterocycles. The maximum absolute atomic E-state index is 5.90. The number of rotatable bonds is 5. The zero-order chi connectivity index (χ0) is 10.7. The van der Waals surface area contributed by atoms with Crippen molar-refractivity contribution < 1.29 is 0 Å². The van der Waals surface area contributed by atoms with Crippen LogP contribution in [0.15, 0.2) is 17.7 Å². The summed E-state index contributed by atoms with van der Waals surface area (Å²) in [6.45, 7) is 3.23. The fourth-order valence-electron chi connectivity index (χ4n) is 1.45. The van der Waals surface area contributed by atoms with Gasteiger partial charge >= 0.3 is 0 Å². The lowest BCUT2D eigenvalue weighted by Crippen LogP contribution is -2.18. The Hall–Kier alpha value is -0.310. The Labute approximate surface area is 100 Å². The molecule has 1 N–H and O–H groups in total. The maximum atomic E-state index is 5.90. The van der Waals surface area contributed by atoms with Crippen molar-refractivity contribution in [3.05, 3.63) is 26.9 Å². The van der Waals surface area contributed by atoms with Crippen LogP contribution in [0.3, 0.4) is 0 Å². The first-order valence-electron chi connectivity index (χ1n) is 5.46. The smallest absolute Gasteiger partial charge is 0.0934 e. The number of hydrogen-bond donors (Lipinski definition) is 1. The number of nitrogens with one attached hydrogen (secondary N) is 1. The zero-order valence-corrected chi connectivity index (χ0v) is 10.5. The molecule has 1 aliphatic rings. The molecule has 1 heterocycles. The highest BCUT2D eigenvalue weighted by Gasteiger charge is 2.19. The molecule has 3 heteroatoms. The van der Waals surface area contributed by atoms with Crippen molar-refractivity contribution >= 4 is 29.0 Å². The Morgan fingerprint density at radius 3 is 2.93 bits per heavy atom. The molecule has 1 fully saturated rings. The number of hydrogen-bond acceptors (Lipinski definition) is 2. The van der Waals surface area contributed by atoms with Gasteiger partial charge in [-0.3, -0.25) is 0 Å². The monoisotopic (exact) mass is 241 g/mol. The predicted octanol–water partition coefficient (Wildman–Crippen LogP) is 3.95. The molecule has 0 unspecified atom stereocenters. The fourth-order valence-corrected chi connectivity index (χ4v) is 2.50. The van der Waals surface area contributed by atoms with E-state index < -0.39 is 0 Å². The van der Waals surface area contributed by atoms with Crippen LogP contribution in [0, 0.1) is 0 Å². The first-order chi connectivity index (χ1) is 7.28. The van der Waals surface area contributed by atoms with Gasteiger partial charge in [0.1, 0.15) is 0 Å². The van der Waals surface area contributed by atoms with Gasteiger partial charge < -0.3 is 5.32 Å². The summed E-state index contributed by atoms with van der Waals surface area (Å²) in [6, 6.07) is 4.83. The number of halogens is 1. The molecule has 0 atom stereocenters. The van der Waals surface area contributed by atoms with E-state index in [1.54, 1.807) is 11.3 Å². The minimum Gasteiger partial charge on any atom is -0.310 e. The molecular formula is C12H16ClNS. The molecule has 0 bridgehead atoms. The Balaban J connectivity index is 1.94. The molecular weight excluding hydrogens is 226 g/mol. The molecule has 1 nitrogen and oxygen atoms in total. The van der Waals surface area contributed by atoms with Crippen LogP contribution in [0.1, 0.15) is 31.1 Å². The van der Waals surface area contributed by atoms with Gasteiger partial charge in [-0.25, -0.2) is 0 Å². The quantitative estimate of drug-likeness (QED) is 0.823. The first kappa shape index (κ1) is 11.2. The van der Waals surface area contributed by atoms with Crippen molar-refractivity contribution in [3.8, 4) is 0 Å². The highest BCUT2D eigenvalue weighted by Crippen LogP contribution is 2.24. The summed E-state index contributed by atoms with van der Waals surface area (Å²) >= 11 is 7.54. The van der Waals surface area contributed by atoms with E-state index in [4.69, 9.17) is 11.6 Å². The summed E-state index contributed by atoms with van der Waals surface area (Å²) in [6.07, 6.45) is 6.06. The average molecular weight is 242 g/mol. The lowest BCUT2D eigenvalue weighted by molar-refractivity contribution is 0.723. The molecule has 1 aliphatic carbocycles. The van der Waals surface area contributed by atoms with Gasteiger partial charge in [0.2, 0.25) is 0 Å². The van der Waals surface area contributed by atoms with Crippen LogP contribution in [-0.4, -0.2) is 12.6 Å². The van der Waals surface area contributed by atoms with Crippen LogP contribution in [0.5, 0.6) is 0 Å². The summed E-state index contributed by atoms with van der Waals surface area (Å²) < 4.78 is 0.867. The molecule has 82 valence electrons.